The molecule has 1 heterocycles. The molecule has 0 aliphatic carbocycles. The van der Waals surface area contributed by atoms with Crippen LogP contribution in [-0.2, 0) is 16.1 Å². The molecule has 1 aliphatic heterocycles. The highest BCUT2D eigenvalue weighted by Gasteiger charge is 2.28. The molecule has 2 unspecified atom stereocenters. The van der Waals surface area contributed by atoms with Crippen molar-refractivity contribution in [1.82, 2.24) is 16.0 Å². The lowest BCUT2D eigenvalue weighted by atomic mass is 9.90. The second-order valence-corrected chi connectivity index (χ2v) is 5.78. The molecule has 0 radical (unpaired) electrons. The van der Waals surface area contributed by atoms with Crippen LogP contribution in [0.5, 0.6) is 0 Å². The first-order valence-corrected chi connectivity index (χ1v) is 7.38. The average Bonchev–Trinajstić information content (AvgIpc) is 2.45. The number of rotatable bonds is 4. The van der Waals surface area contributed by atoms with Crippen LogP contribution in [-0.4, -0.2) is 30.4 Å². The van der Waals surface area contributed by atoms with E-state index >= 15 is 0 Å². The molecule has 1 aromatic carbocycles. The number of amides is 2. The third kappa shape index (κ3) is 3.82. The van der Waals surface area contributed by atoms with Gasteiger partial charge in [-0.2, -0.15) is 0 Å². The van der Waals surface area contributed by atoms with Crippen molar-refractivity contribution in [3.8, 4) is 0 Å². The number of hydrogen-bond donors (Lipinski definition) is 3. The number of carbonyl (C=O) groups excluding carboxylic acids is 2. The van der Waals surface area contributed by atoms with Gasteiger partial charge in [0.15, 0.2) is 0 Å². The molecular weight excluding hydrogens is 266 g/mol. The Balaban J connectivity index is 2.03. The lowest BCUT2D eigenvalue weighted by molar-refractivity contribution is -0.129. The fourth-order valence-corrected chi connectivity index (χ4v) is 2.52. The summed E-state index contributed by atoms with van der Waals surface area (Å²) in [5, 5.41) is 8.85. The first-order chi connectivity index (χ1) is 9.99. The first kappa shape index (κ1) is 15.5. The summed E-state index contributed by atoms with van der Waals surface area (Å²) >= 11 is 0. The summed E-state index contributed by atoms with van der Waals surface area (Å²) in [5.41, 5.74) is 2.19. The van der Waals surface area contributed by atoms with Gasteiger partial charge in [-0.05, 0) is 31.9 Å². The molecule has 0 saturated carbocycles. The number of carbonyl (C=O) groups is 2. The molecule has 2 rings (SSSR count). The Morgan fingerprint density at radius 2 is 1.90 bits per heavy atom. The van der Waals surface area contributed by atoms with Gasteiger partial charge in [0, 0.05) is 19.1 Å². The minimum Gasteiger partial charge on any atom is -0.352 e. The van der Waals surface area contributed by atoms with E-state index in [1.807, 2.05) is 38.1 Å². The average molecular weight is 289 g/mol. The number of benzene rings is 1. The summed E-state index contributed by atoms with van der Waals surface area (Å²) < 4.78 is 0. The molecule has 3 N–H and O–H groups in total. The molecule has 2 atom stereocenters. The van der Waals surface area contributed by atoms with Crippen molar-refractivity contribution in [1.29, 1.82) is 0 Å². The lowest BCUT2D eigenvalue weighted by Crippen LogP contribution is -2.49. The van der Waals surface area contributed by atoms with E-state index in [0.29, 0.717) is 6.54 Å². The standard InChI is InChI=1S/C16H23N3O2/c1-10(2)18-15(20)11(3)19-16(21)14-9-17-8-12-6-4-5-7-13(12)14/h4-7,10-11,14,17H,8-9H2,1-3H3,(H,18,20)(H,19,21). The van der Waals surface area contributed by atoms with Crippen LogP contribution in [0.15, 0.2) is 24.3 Å². The normalized spacial score (nSPS) is 18.8. The van der Waals surface area contributed by atoms with E-state index in [2.05, 4.69) is 16.0 Å². The zero-order chi connectivity index (χ0) is 15.4. The number of hydrogen-bond acceptors (Lipinski definition) is 3. The van der Waals surface area contributed by atoms with Crippen LogP contribution in [0.2, 0.25) is 0 Å². The lowest BCUT2D eigenvalue weighted by Gasteiger charge is -2.27. The highest BCUT2D eigenvalue weighted by molar-refractivity contribution is 5.90. The molecule has 114 valence electrons. The van der Waals surface area contributed by atoms with E-state index in [4.69, 9.17) is 0 Å². The van der Waals surface area contributed by atoms with E-state index in [0.717, 1.165) is 17.7 Å². The quantitative estimate of drug-likeness (QED) is 0.771. The maximum absolute atomic E-state index is 12.4. The van der Waals surface area contributed by atoms with Crippen molar-refractivity contribution >= 4 is 11.8 Å². The molecule has 0 spiro atoms. The van der Waals surface area contributed by atoms with E-state index in [-0.39, 0.29) is 23.8 Å². The van der Waals surface area contributed by atoms with Crippen LogP contribution >= 0.6 is 0 Å². The largest absolute Gasteiger partial charge is 0.352 e. The highest BCUT2D eigenvalue weighted by atomic mass is 16.2. The van der Waals surface area contributed by atoms with Crippen molar-refractivity contribution in [2.75, 3.05) is 6.54 Å². The van der Waals surface area contributed by atoms with E-state index in [1.165, 1.54) is 0 Å². The molecule has 0 saturated heterocycles. The van der Waals surface area contributed by atoms with Gasteiger partial charge in [-0.25, -0.2) is 0 Å². The van der Waals surface area contributed by atoms with Crippen molar-refractivity contribution < 1.29 is 9.59 Å². The third-order valence-corrected chi connectivity index (χ3v) is 3.59. The van der Waals surface area contributed by atoms with Crippen molar-refractivity contribution in [3.05, 3.63) is 35.4 Å². The smallest absolute Gasteiger partial charge is 0.242 e. The van der Waals surface area contributed by atoms with Crippen LogP contribution in [0.1, 0.15) is 37.8 Å². The van der Waals surface area contributed by atoms with Gasteiger partial charge in [-0.1, -0.05) is 24.3 Å². The molecular formula is C16H23N3O2. The minimum absolute atomic E-state index is 0.0638. The maximum atomic E-state index is 12.4. The summed E-state index contributed by atoms with van der Waals surface area (Å²) in [6, 6.07) is 7.46. The van der Waals surface area contributed by atoms with Gasteiger partial charge in [-0.15, -0.1) is 0 Å². The van der Waals surface area contributed by atoms with Crippen molar-refractivity contribution in [3.63, 3.8) is 0 Å². The Bertz CT molecular complexity index is 528. The third-order valence-electron chi connectivity index (χ3n) is 3.59. The van der Waals surface area contributed by atoms with Crippen LogP contribution in [0, 0.1) is 0 Å². The summed E-state index contributed by atoms with van der Waals surface area (Å²) in [6.07, 6.45) is 0. The highest BCUT2D eigenvalue weighted by Crippen LogP contribution is 2.23. The van der Waals surface area contributed by atoms with Crippen LogP contribution in [0.4, 0.5) is 0 Å². The molecule has 0 fully saturated rings. The maximum Gasteiger partial charge on any atom is 0.242 e. The van der Waals surface area contributed by atoms with Crippen LogP contribution < -0.4 is 16.0 Å². The fourth-order valence-electron chi connectivity index (χ4n) is 2.52. The Kier molecular flexibility index (Phi) is 4.96. The molecule has 0 aromatic heterocycles. The summed E-state index contributed by atoms with van der Waals surface area (Å²) in [6.45, 7) is 6.88. The number of nitrogens with one attached hydrogen (secondary N) is 3. The van der Waals surface area contributed by atoms with E-state index in [9.17, 15) is 9.59 Å². The van der Waals surface area contributed by atoms with Gasteiger partial charge in [-0.3, -0.25) is 9.59 Å². The Morgan fingerprint density at radius 1 is 1.19 bits per heavy atom. The Labute approximate surface area is 125 Å². The molecule has 5 nitrogen and oxygen atoms in total. The van der Waals surface area contributed by atoms with Gasteiger partial charge in [0.2, 0.25) is 11.8 Å². The summed E-state index contributed by atoms with van der Waals surface area (Å²) in [4.78, 5) is 24.3. The van der Waals surface area contributed by atoms with Crippen LogP contribution in [0.25, 0.3) is 0 Å². The Morgan fingerprint density at radius 3 is 2.62 bits per heavy atom. The SMILES string of the molecule is CC(C)NC(=O)C(C)NC(=O)C1CNCc2ccccc21. The van der Waals surface area contributed by atoms with Gasteiger partial charge < -0.3 is 16.0 Å². The van der Waals surface area contributed by atoms with Crippen molar-refractivity contribution in [2.45, 2.75) is 45.3 Å². The second-order valence-electron chi connectivity index (χ2n) is 5.78. The van der Waals surface area contributed by atoms with Gasteiger partial charge in [0.05, 0.1) is 5.92 Å². The van der Waals surface area contributed by atoms with E-state index < -0.39 is 6.04 Å². The summed E-state index contributed by atoms with van der Waals surface area (Å²) in [5.74, 6) is -0.513. The van der Waals surface area contributed by atoms with Gasteiger partial charge in [0.25, 0.3) is 0 Å². The second kappa shape index (κ2) is 6.72. The molecule has 5 heteroatoms. The zero-order valence-electron chi connectivity index (χ0n) is 12.8. The van der Waals surface area contributed by atoms with Crippen LogP contribution in [0.3, 0.4) is 0 Å². The zero-order valence-corrected chi connectivity index (χ0v) is 12.8. The molecule has 2 amide bonds. The predicted octanol–water partition coefficient (Wildman–Crippen LogP) is 0.903. The molecule has 1 aromatic rings. The number of fused-ring (bicyclic) bond motifs is 1. The molecule has 21 heavy (non-hydrogen) atoms. The summed E-state index contributed by atoms with van der Waals surface area (Å²) in [7, 11) is 0. The topological polar surface area (TPSA) is 70.2 Å². The van der Waals surface area contributed by atoms with E-state index in [1.54, 1.807) is 6.92 Å². The predicted molar refractivity (Wildman–Crippen MR) is 81.8 cm³/mol. The van der Waals surface area contributed by atoms with Gasteiger partial charge >= 0.3 is 0 Å². The first-order valence-electron chi connectivity index (χ1n) is 7.38. The minimum atomic E-state index is -0.533. The fraction of sp³-hybridized carbons (Fsp3) is 0.500. The monoisotopic (exact) mass is 289 g/mol. The van der Waals surface area contributed by atoms with Crippen molar-refractivity contribution in [2.24, 2.45) is 0 Å². The molecule has 1 aliphatic rings. The Hall–Kier alpha value is -1.88. The molecule has 0 bridgehead atoms. The van der Waals surface area contributed by atoms with Gasteiger partial charge in [0.1, 0.15) is 6.04 Å².